The maximum Gasteiger partial charge on any atom is 0.407 e. The SMILES string of the molecule is CCCCCCCC/C=C/CCCCCCCCNC(=O)OCC(C[N+](C)(C)C)OC(=O)NCCCCCCCC/C=C/CCCCCCCC. The van der Waals surface area contributed by atoms with E-state index in [2.05, 4.69) is 48.8 Å². The molecule has 0 heterocycles. The zero-order valence-corrected chi connectivity index (χ0v) is 34.6. The molecule has 0 aliphatic rings. The number of amides is 2. The van der Waals surface area contributed by atoms with Crippen molar-refractivity contribution >= 4 is 12.2 Å². The second kappa shape index (κ2) is 37.7. The molecule has 0 aromatic heterocycles. The Hall–Kier alpha value is -2.02. The summed E-state index contributed by atoms with van der Waals surface area (Å²) in [5.41, 5.74) is 0. The van der Waals surface area contributed by atoms with Crippen LogP contribution in [0.5, 0.6) is 0 Å². The van der Waals surface area contributed by atoms with E-state index in [9.17, 15) is 9.59 Å². The molecular formula is C44H86N3O4+. The third-order valence-electron chi connectivity index (χ3n) is 9.34. The predicted octanol–water partition coefficient (Wildman–Crippen LogP) is 12.6. The molecule has 51 heavy (non-hydrogen) atoms. The smallest absolute Gasteiger partial charge is 0.407 e. The van der Waals surface area contributed by atoms with E-state index in [-0.39, 0.29) is 6.61 Å². The summed E-state index contributed by atoms with van der Waals surface area (Å²) in [5.74, 6) is 0. The lowest BCUT2D eigenvalue weighted by Crippen LogP contribution is -2.46. The van der Waals surface area contributed by atoms with Crippen LogP contribution in [-0.2, 0) is 9.47 Å². The molecule has 1 unspecified atom stereocenters. The Balaban J connectivity index is 3.83. The van der Waals surface area contributed by atoms with Crippen LogP contribution in [0.3, 0.4) is 0 Å². The van der Waals surface area contributed by atoms with Gasteiger partial charge in [-0.3, -0.25) is 0 Å². The van der Waals surface area contributed by atoms with E-state index in [1.807, 2.05) is 21.1 Å². The van der Waals surface area contributed by atoms with Crippen LogP contribution in [0, 0.1) is 0 Å². The van der Waals surface area contributed by atoms with Crippen LogP contribution in [0.15, 0.2) is 24.3 Å². The molecule has 2 N–H and O–H groups in total. The van der Waals surface area contributed by atoms with Crippen molar-refractivity contribution in [2.24, 2.45) is 0 Å². The van der Waals surface area contributed by atoms with Crippen molar-refractivity contribution < 1.29 is 23.5 Å². The average molecular weight is 721 g/mol. The Labute approximate surface area is 317 Å². The minimum absolute atomic E-state index is 0.0520. The van der Waals surface area contributed by atoms with Crippen molar-refractivity contribution in [3.63, 3.8) is 0 Å². The fourth-order valence-corrected chi connectivity index (χ4v) is 6.27. The van der Waals surface area contributed by atoms with Gasteiger partial charge in [0.05, 0.1) is 21.1 Å². The van der Waals surface area contributed by atoms with Crippen molar-refractivity contribution in [3.8, 4) is 0 Å². The summed E-state index contributed by atoms with van der Waals surface area (Å²) in [6, 6.07) is 0. The van der Waals surface area contributed by atoms with Gasteiger partial charge >= 0.3 is 12.2 Å². The van der Waals surface area contributed by atoms with Crippen molar-refractivity contribution in [3.05, 3.63) is 24.3 Å². The molecule has 300 valence electrons. The Morgan fingerprint density at radius 3 is 1.20 bits per heavy atom. The third-order valence-corrected chi connectivity index (χ3v) is 9.34. The van der Waals surface area contributed by atoms with Gasteiger partial charge in [0.25, 0.3) is 0 Å². The molecule has 1 atom stereocenters. The van der Waals surface area contributed by atoms with Crippen LogP contribution in [0.4, 0.5) is 9.59 Å². The number of rotatable bonds is 37. The lowest BCUT2D eigenvalue weighted by molar-refractivity contribution is -0.873. The largest absolute Gasteiger partial charge is 0.445 e. The number of alkyl carbamates (subject to hydrolysis) is 2. The summed E-state index contributed by atoms with van der Waals surface area (Å²) in [6.07, 6.45) is 43.5. The van der Waals surface area contributed by atoms with Gasteiger partial charge in [0.15, 0.2) is 6.10 Å². The van der Waals surface area contributed by atoms with E-state index < -0.39 is 18.3 Å². The van der Waals surface area contributed by atoms with Gasteiger partial charge in [-0.1, -0.05) is 154 Å². The number of nitrogens with one attached hydrogen (secondary N) is 2. The molecule has 0 bridgehead atoms. The number of unbranched alkanes of at least 4 members (excludes halogenated alkanes) is 24. The van der Waals surface area contributed by atoms with Crippen LogP contribution in [0.25, 0.3) is 0 Å². The van der Waals surface area contributed by atoms with Crippen molar-refractivity contribution in [2.45, 2.75) is 200 Å². The van der Waals surface area contributed by atoms with Crippen LogP contribution < -0.4 is 10.6 Å². The molecule has 0 aromatic rings. The summed E-state index contributed by atoms with van der Waals surface area (Å²) in [4.78, 5) is 24.8. The van der Waals surface area contributed by atoms with Crippen LogP contribution >= 0.6 is 0 Å². The number of allylic oxidation sites excluding steroid dienone is 4. The number of carbonyl (C=O) groups excluding carboxylic acids is 2. The Morgan fingerprint density at radius 2 is 0.824 bits per heavy atom. The Bertz CT molecular complexity index is 824. The molecule has 0 spiro atoms. The highest BCUT2D eigenvalue weighted by atomic mass is 16.6. The number of carbonyl (C=O) groups is 2. The minimum Gasteiger partial charge on any atom is -0.445 e. The van der Waals surface area contributed by atoms with Crippen molar-refractivity contribution in [1.82, 2.24) is 10.6 Å². The first kappa shape index (κ1) is 49.0. The lowest BCUT2D eigenvalue weighted by Gasteiger charge is -2.28. The number of ether oxygens (including phenoxy) is 2. The van der Waals surface area contributed by atoms with Crippen molar-refractivity contribution in [2.75, 3.05) is 47.4 Å². The second-order valence-corrected chi connectivity index (χ2v) is 15.8. The van der Waals surface area contributed by atoms with E-state index in [1.54, 1.807) is 0 Å². The molecule has 0 saturated carbocycles. The number of nitrogens with zero attached hydrogens (tertiary/aromatic N) is 1. The summed E-state index contributed by atoms with van der Waals surface area (Å²) >= 11 is 0. The second-order valence-electron chi connectivity index (χ2n) is 15.8. The fraction of sp³-hybridized carbons (Fsp3) is 0.864. The first-order valence-electron chi connectivity index (χ1n) is 21.7. The Kier molecular flexibility index (Phi) is 36.2. The zero-order valence-electron chi connectivity index (χ0n) is 34.6. The van der Waals surface area contributed by atoms with Crippen LogP contribution in [0.2, 0.25) is 0 Å². The molecule has 0 aliphatic carbocycles. The van der Waals surface area contributed by atoms with Gasteiger partial charge < -0.3 is 24.6 Å². The topological polar surface area (TPSA) is 76.7 Å². The average Bonchev–Trinajstić information content (AvgIpc) is 3.09. The van der Waals surface area contributed by atoms with E-state index in [0.29, 0.717) is 24.1 Å². The van der Waals surface area contributed by atoms with Gasteiger partial charge in [0.1, 0.15) is 13.2 Å². The van der Waals surface area contributed by atoms with Gasteiger partial charge in [-0.15, -0.1) is 0 Å². The molecule has 0 saturated heterocycles. The maximum absolute atomic E-state index is 12.5. The zero-order chi connectivity index (χ0) is 37.5. The first-order chi connectivity index (χ1) is 24.8. The van der Waals surface area contributed by atoms with Crippen LogP contribution in [-0.4, -0.2) is 70.2 Å². The predicted molar refractivity (Wildman–Crippen MR) is 219 cm³/mol. The van der Waals surface area contributed by atoms with Gasteiger partial charge in [-0.2, -0.15) is 0 Å². The Morgan fingerprint density at radius 1 is 0.490 bits per heavy atom. The molecule has 7 heteroatoms. The van der Waals surface area contributed by atoms with Crippen molar-refractivity contribution in [1.29, 1.82) is 0 Å². The highest BCUT2D eigenvalue weighted by molar-refractivity contribution is 5.68. The molecular weight excluding hydrogens is 635 g/mol. The van der Waals surface area contributed by atoms with Crippen LogP contribution in [0.1, 0.15) is 194 Å². The summed E-state index contributed by atoms with van der Waals surface area (Å²) in [7, 11) is 6.11. The van der Waals surface area contributed by atoms with Gasteiger partial charge in [-0.25, -0.2) is 9.59 Å². The standard InChI is InChI=1S/C44H85N3O4/c1-6-8-10-12-14-16-18-20-22-24-26-28-30-32-34-36-38-45-43(48)50-41-42(40-47(3,4)5)51-44(49)46-39-37-35-33-31-29-27-25-23-21-19-17-15-13-11-9-7-2/h20-23,42H,6-19,24-41H2,1-5H3,(H-,45,46,48,49)/p+1/b22-20+,23-21+. The van der Waals surface area contributed by atoms with E-state index in [4.69, 9.17) is 9.47 Å². The minimum atomic E-state index is -0.499. The van der Waals surface area contributed by atoms with E-state index in [1.165, 1.54) is 154 Å². The number of likely N-dealkylation sites (N-methyl/N-ethyl adjacent to an activating group) is 1. The quantitative estimate of drug-likeness (QED) is 0.0380. The maximum atomic E-state index is 12.5. The molecule has 0 fully saturated rings. The summed E-state index contributed by atoms with van der Waals surface area (Å²) in [5, 5.41) is 5.74. The number of hydrogen-bond donors (Lipinski definition) is 2. The highest BCUT2D eigenvalue weighted by Crippen LogP contribution is 2.12. The number of quaternary nitrogens is 1. The molecule has 7 nitrogen and oxygen atoms in total. The van der Waals surface area contributed by atoms with Gasteiger partial charge in [0, 0.05) is 13.1 Å². The normalized spacial score (nSPS) is 12.5. The molecule has 2 amide bonds. The van der Waals surface area contributed by atoms with Gasteiger partial charge in [0.2, 0.25) is 0 Å². The molecule has 0 rings (SSSR count). The lowest BCUT2D eigenvalue weighted by atomic mass is 10.1. The summed E-state index contributed by atoms with van der Waals surface area (Å²) in [6.45, 7) is 6.36. The third kappa shape index (κ3) is 40.6. The van der Waals surface area contributed by atoms with E-state index >= 15 is 0 Å². The van der Waals surface area contributed by atoms with E-state index in [0.717, 1.165) is 25.7 Å². The highest BCUT2D eigenvalue weighted by Gasteiger charge is 2.24. The molecule has 0 aromatic carbocycles. The van der Waals surface area contributed by atoms with Gasteiger partial charge in [-0.05, 0) is 64.2 Å². The fourth-order valence-electron chi connectivity index (χ4n) is 6.27. The first-order valence-corrected chi connectivity index (χ1v) is 21.7. The summed E-state index contributed by atoms with van der Waals surface area (Å²) < 4.78 is 11.7. The number of hydrogen-bond acceptors (Lipinski definition) is 4. The molecule has 0 radical (unpaired) electrons. The monoisotopic (exact) mass is 721 g/mol. The molecule has 0 aliphatic heterocycles.